The molecule has 0 bridgehead atoms. The first-order chi connectivity index (χ1) is 6.51. The Morgan fingerprint density at radius 1 is 1.43 bits per heavy atom. The zero-order chi connectivity index (χ0) is 10.3. The van der Waals surface area contributed by atoms with Gasteiger partial charge in [0.2, 0.25) is 5.91 Å². The van der Waals surface area contributed by atoms with Gasteiger partial charge in [0.1, 0.15) is 0 Å². The molecule has 1 aliphatic rings. The highest BCUT2D eigenvalue weighted by Gasteiger charge is 2.40. The lowest BCUT2D eigenvalue weighted by atomic mass is 9.82. The Hall–Kier alpha value is -0.730. The quantitative estimate of drug-likeness (QED) is 0.738. The standard InChI is InChI=1S/C10H9Cl2NO/c1-10(5-9(14)13-10)7-3-2-6(11)4-8(7)12/h2-4H,5H2,1H3,(H,13,14). The predicted molar refractivity (Wildman–Crippen MR) is 56.6 cm³/mol. The molecule has 1 heterocycles. The van der Waals surface area contributed by atoms with E-state index in [0.717, 1.165) is 5.56 Å². The van der Waals surface area contributed by atoms with E-state index in [4.69, 9.17) is 23.2 Å². The van der Waals surface area contributed by atoms with Crippen LogP contribution >= 0.6 is 23.2 Å². The van der Waals surface area contributed by atoms with Crippen LogP contribution in [-0.4, -0.2) is 5.91 Å². The smallest absolute Gasteiger partial charge is 0.223 e. The molecular formula is C10H9Cl2NO. The van der Waals surface area contributed by atoms with Crippen molar-refractivity contribution in [2.24, 2.45) is 0 Å². The van der Waals surface area contributed by atoms with Crippen LogP contribution in [0.25, 0.3) is 0 Å². The number of rotatable bonds is 1. The number of β-lactam (4-membered cyclic amide) rings is 1. The molecule has 74 valence electrons. The fourth-order valence-electron chi connectivity index (χ4n) is 1.71. The Balaban J connectivity index is 2.37. The molecule has 4 heteroatoms. The maximum atomic E-state index is 10.9. The van der Waals surface area contributed by atoms with E-state index in [0.29, 0.717) is 16.5 Å². The summed E-state index contributed by atoms with van der Waals surface area (Å²) in [5, 5.41) is 4.03. The minimum absolute atomic E-state index is 0.0542. The summed E-state index contributed by atoms with van der Waals surface area (Å²) in [5.41, 5.74) is 0.599. The van der Waals surface area contributed by atoms with Crippen molar-refractivity contribution in [3.05, 3.63) is 33.8 Å². The van der Waals surface area contributed by atoms with E-state index < -0.39 is 0 Å². The Kier molecular flexibility index (Phi) is 2.20. The molecular weight excluding hydrogens is 221 g/mol. The molecule has 1 fully saturated rings. The number of halogens is 2. The highest BCUT2D eigenvalue weighted by Crippen LogP contribution is 2.36. The second kappa shape index (κ2) is 3.14. The van der Waals surface area contributed by atoms with Crippen LogP contribution in [0.2, 0.25) is 10.0 Å². The average Bonchev–Trinajstić information content (AvgIpc) is 2.00. The molecule has 0 aliphatic carbocycles. The lowest BCUT2D eigenvalue weighted by Crippen LogP contribution is -2.56. The Morgan fingerprint density at radius 2 is 2.07 bits per heavy atom. The van der Waals surface area contributed by atoms with Crippen molar-refractivity contribution >= 4 is 29.1 Å². The van der Waals surface area contributed by atoms with Crippen molar-refractivity contribution in [3.8, 4) is 0 Å². The number of hydrogen-bond donors (Lipinski definition) is 1. The Bertz CT molecular complexity index is 395. The third-order valence-corrected chi connectivity index (χ3v) is 3.00. The summed E-state index contributed by atoms with van der Waals surface area (Å²) in [6, 6.07) is 5.32. The molecule has 2 rings (SSSR count). The molecule has 1 N–H and O–H groups in total. The minimum atomic E-state index is -0.321. The lowest BCUT2D eigenvalue weighted by Gasteiger charge is -2.39. The number of amides is 1. The molecule has 0 saturated carbocycles. The SMILES string of the molecule is CC1(c2ccc(Cl)cc2Cl)CC(=O)N1. The monoisotopic (exact) mass is 229 g/mol. The van der Waals surface area contributed by atoms with Gasteiger partial charge < -0.3 is 5.32 Å². The van der Waals surface area contributed by atoms with E-state index in [1.165, 1.54) is 0 Å². The third-order valence-electron chi connectivity index (χ3n) is 2.46. The van der Waals surface area contributed by atoms with Gasteiger partial charge in [-0.05, 0) is 24.6 Å². The largest absolute Gasteiger partial charge is 0.346 e. The summed E-state index contributed by atoms with van der Waals surface area (Å²) >= 11 is 11.8. The van der Waals surface area contributed by atoms with E-state index in [1.807, 2.05) is 13.0 Å². The minimum Gasteiger partial charge on any atom is -0.346 e. The molecule has 1 unspecified atom stereocenters. The Labute approximate surface area is 92.2 Å². The number of carbonyl (C=O) groups is 1. The molecule has 1 amide bonds. The summed E-state index contributed by atoms with van der Waals surface area (Å²) in [6.45, 7) is 1.95. The van der Waals surface area contributed by atoms with Gasteiger partial charge in [-0.15, -0.1) is 0 Å². The summed E-state index contributed by atoms with van der Waals surface area (Å²) < 4.78 is 0. The molecule has 1 atom stereocenters. The number of benzene rings is 1. The van der Waals surface area contributed by atoms with Gasteiger partial charge in [0, 0.05) is 10.0 Å². The molecule has 1 aromatic carbocycles. The van der Waals surface area contributed by atoms with Crippen molar-refractivity contribution in [1.29, 1.82) is 0 Å². The number of nitrogens with one attached hydrogen (secondary N) is 1. The second-order valence-electron chi connectivity index (χ2n) is 3.68. The number of carbonyl (C=O) groups excluding carboxylic acids is 1. The maximum absolute atomic E-state index is 10.9. The van der Waals surface area contributed by atoms with Crippen molar-refractivity contribution in [3.63, 3.8) is 0 Å². The predicted octanol–water partition coefficient (Wildman–Crippen LogP) is 2.73. The molecule has 1 aromatic rings. The van der Waals surface area contributed by atoms with Crippen LogP contribution < -0.4 is 5.32 Å². The van der Waals surface area contributed by atoms with Crippen LogP contribution in [0.5, 0.6) is 0 Å². The van der Waals surface area contributed by atoms with Gasteiger partial charge in [-0.1, -0.05) is 29.3 Å². The fourth-order valence-corrected chi connectivity index (χ4v) is 2.33. The van der Waals surface area contributed by atoms with Gasteiger partial charge in [0.15, 0.2) is 0 Å². The van der Waals surface area contributed by atoms with Crippen LogP contribution in [0.4, 0.5) is 0 Å². The molecule has 0 radical (unpaired) electrons. The lowest BCUT2D eigenvalue weighted by molar-refractivity contribution is -0.132. The molecule has 2 nitrogen and oxygen atoms in total. The molecule has 1 saturated heterocycles. The molecule has 14 heavy (non-hydrogen) atoms. The average molecular weight is 230 g/mol. The molecule has 0 aromatic heterocycles. The topological polar surface area (TPSA) is 29.1 Å². The normalized spacial score (nSPS) is 25.5. The summed E-state index contributed by atoms with van der Waals surface area (Å²) in [5.74, 6) is 0.0542. The summed E-state index contributed by atoms with van der Waals surface area (Å²) in [6.07, 6.45) is 0.481. The Morgan fingerprint density at radius 3 is 2.57 bits per heavy atom. The van der Waals surface area contributed by atoms with Gasteiger partial charge in [0.05, 0.1) is 12.0 Å². The first kappa shape index (κ1) is 9.81. The van der Waals surface area contributed by atoms with Crippen molar-refractivity contribution in [1.82, 2.24) is 5.32 Å². The fraction of sp³-hybridized carbons (Fsp3) is 0.300. The van der Waals surface area contributed by atoms with Crippen molar-refractivity contribution in [2.45, 2.75) is 18.9 Å². The zero-order valence-corrected chi connectivity index (χ0v) is 9.12. The van der Waals surface area contributed by atoms with E-state index >= 15 is 0 Å². The zero-order valence-electron chi connectivity index (χ0n) is 7.60. The van der Waals surface area contributed by atoms with E-state index in [-0.39, 0.29) is 11.4 Å². The third kappa shape index (κ3) is 1.49. The highest BCUT2D eigenvalue weighted by atomic mass is 35.5. The molecule has 1 aliphatic heterocycles. The molecule has 0 spiro atoms. The van der Waals surface area contributed by atoms with E-state index in [1.54, 1.807) is 12.1 Å². The maximum Gasteiger partial charge on any atom is 0.223 e. The van der Waals surface area contributed by atoms with Gasteiger partial charge in [-0.25, -0.2) is 0 Å². The van der Waals surface area contributed by atoms with Crippen LogP contribution in [0.3, 0.4) is 0 Å². The van der Waals surface area contributed by atoms with Crippen molar-refractivity contribution < 1.29 is 4.79 Å². The highest BCUT2D eigenvalue weighted by molar-refractivity contribution is 6.35. The summed E-state index contributed by atoms with van der Waals surface area (Å²) in [7, 11) is 0. The van der Waals surface area contributed by atoms with E-state index in [2.05, 4.69) is 5.32 Å². The summed E-state index contributed by atoms with van der Waals surface area (Å²) in [4.78, 5) is 10.9. The van der Waals surface area contributed by atoms with Gasteiger partial charge in [0.25, 0.3) is 0 Å². The number of hydrogen-bond acceptors (Lipinski definition) is 1. The van der Waals surface area contributed by atoms with Crippen LogP contribution in [0, 0.1) is 0 Å². The van der Waals surface area contributed by atoms with Crippen LogP contribution in [-0.2, 0) is 10.3 Å². The second-order valence-corrected chi connectivity index (χ2v) is 4.52. The van der Waals surface area contributed by atoms with Gasteiger partial charge >= 0.3 is 0 Å². The first-order valence-electron chi connectivity index (χ1n) is 4.28. The first-order valence-corrected chi connectivity index (χ1v) is 5.03. The van der Waals surface area contributed by atoms with Gasteiger partial charge in [-0.3, -0.25) is 4.79 Å². The van der Waals surface area contributed by atoms with Crippen LogP contribution in [0.15, 0.2) is 18.2 Å². The van der Waals surface area contributed by atoms with Gasteiger partial charge in [-0.2, -0.15) is 0 Å². The van der Waals surface area contributed by atoms with Crippen molar-refractivity contribution in [2.75, 3.05) is 0 Å². The van der Waals surface area contributed by atoms with Crippen LogP contribution in [0.1, 0.15) is 18.9 Å². The van der Waals surface area contributed by atoms with E-state index in [9.17, 15) is 4.79 Å².